The Morgan fingerprint density at radius 3 is 2.58 bits per heavy atom. The minimum Gasteiger partial charge on any atom is -0.478 e. The van der Waals surface area contributed by atoms with Crippen LogP contribution in [0.1, 0.15) is 34.7 Å². The quantitative estimate of drug-likeness (QED) is 0.800. The topological polar surface area (TPSA) is 63.8 Å². The van der Waals surface area contributed by atoms with Crippen molar-refractivity contribution >= 4 is 11.5 Å². The fourth-order valence-electron chi connectivity index (χ4n) is 3.29. The Morgan fingerprint density at radius 1 is 1.12 bits per heavy atom. The molecule has 0 aliphatic carbocycles. The third-order valence-corrected chi connectivity index (χ3v) is 4.67. The largest absolute Gasteiger partial charge is 0.478 e. The minimum absolute atomic E-state index is 0.289. The van der Waals surface area contributed by atoms with Crippen LogP contribution >= 0.6 is 0 Å². The summed E-state index contributed by atoms with van der Waals surface area (Å²) < 4.78 is 7.34. The average Bonchev–Trinajstić information content (AvgIpc) is 3.05. The zero-order valence-corrected chi connectivity index (χ0v) is 13.2. The second kappa shape index (κ2) is 6.09. The molecule has 4 rings (SSSR count). The van der Waals surface area contributed by atoms with Crippen molar-refractivity contribution in [1.29, 1.82) is 0 Å². The van der Waals surface area contributed by atoms with Crippen LogP contribution in [0.25, 0.3) is 16.6 Å². The molecule has 122 valence electrons. The molecule has 1 aliphatic heterocycles. The van der Waals surface area contributed by atoms with E-state index in [2.05, 4.69) is 23.4 Å². The van der Waals surface area contributed by atoms with Crippen molar-refractivity contribution < 1.29 is 14.6 Å². The van der Waals surface area contributed by atoms with Gasteiger partial charge in [-0.05, 0) is 48.1 Å². The first-order chi connectivity index (χ1) is 11.7. The third kappa shape index (κ3) is 2.67. The summed E-state index contributed by atoms with van der Waals surface area (Å²) in [5, 5.41) is 13.5. The van der Waals surface area contributed by atoms with Gasteiger partial charge in [0, 0.05) is 25.0 Å². The van der Waals surface area contributed by atoms with Crippen LogP contribution in [0.2, 0.25) is 0 Å². The van der Waals surface area contributed by atoms with Gasteiger partial charge in [0.15, 0.2) is 0 Å². The molecule has 5 heteroatoms. The van der Waals surface area contributed by atoms with Gasteiger partial charge in [-0.1, -0.05) is 18.2 Å². The van der Waals surface area contributed by atoms with Crippen molar-refractivity contribution in [3.05, 3.63) is 59.9 Å². The summed E-state index contributed by atoms with van der Waals surface area (Å²) in [5.41, 5.74) is 4.58. The summed E-state index contributed by atoms with van der Waals surface area (Å²) >= 11 is 0. The van der Waals surface area contributed by atoms with Crippen LogP contribution < -0.4 is 0 Å². The van der Waals surface area contributed by atoms with E-state index in [-0.39, 0.29) is 5.56 Å². The van der Waals surface area contributed by atoms with Gasteiger partial charge in [-0.25, -0.2) is 9.31 Å². The molecular formula is C19H18N2O3. The molecule has 0 spiro atoms. The molecule has 0 atom stereocenters. The summed E-state index contributed by atoms with van der Waals surface area (Å²) in [6.07, 6.45) is 6.03. The fraction of sp³-hybridized carbons (Fsp3) is 0.263. The number of ether oxygens (including phenoxy) is 1. The van der Waals surface area contributed by atoms with Crippen LogP contribution in [-0.2, 0) is 4.74 Å². The van der Waals surface area contributed by atoms with Gasteiger partial charge < -0.3 is 9.84 Å². The summed E-state index contributed by atoms with van der Waals surface area (Å²) in [4.78, 5) is 11.0. The van der Waals surface area contributed by atoms with Gasteiger partial charge >= 0.3 is 5.97 Å². The monoisotopic (exact) mass is 322 g/mol. The lowest BCUT2D eigenvalue weighted by Crippen LogP contribution is -2.14. The van der Waals surface area contributed by atoms with Crippen molar-refractivity contribution in [3.63, 3.8) is 0 Å². The first-order valence-electron chi connectivity index (χ1n) is 8.11. The molecule has 0 radical (unpaired) electrons. The highest BCUT2D eigenvalue weighted by atomic mass is 16.5. The number of fused-ring (bicyclic) bond motifs is 1. The first-order valence-corrected chi connectivity index (χ1v) is 8.11. The van der Waals surface area contributed by atoms with Crippen LogP contribution in [0.15, 0.2) is 48.8 Å². The molecule has 0 unspecified atom stereocenters. The smallest absolute Gasteiger partial charge is 0.335 e. The van der Waals surface area contributed by atoms with E-state index in [9.17, 15) is 4.79 Å². The SMILES string of the molecule is O=C(O)c1ccc(-c2cnn3cc(C4CCOCC4)ccc23)cc1. The number of carbonyl (C=O) groups is 1. The number of aromatic nitrogens is 2. The predicted molar refractivity (Wildman–Crippen MR) is 90.4 cm³/mol. The highest BCUT2D eigenvalue weighted by molar-refractivity contribution is 5.89. The number of rotatable bonds is 3. The zero-order valence-electron chi connectivity index (χ0n) is 13.2. The Morgan fingerprint density at radius 2 is 1.88 bits per heavy atom. The van der Waals surface area contributed by atoms with Crippen LogP contribution in [0.5, 0.6) is 0 Å². The first kappa shape index (κ1) is 14.9. The number of carboxylic acids is 1. The van der Waals surface area contributed by atoms with Crippen molar-refractivity contribution in [2.75, 3.05) is 13.2 Å². The number of benzene rings is 1. The summed E-state index contributed by atoms with van der Waals surface area (Å²) in [5.74, 6) is -0.381. The Bertz CT molecular complexity index is 877. The summed E-state index contributed by atoms with van der Waals surface area (Å²) in [7, 11) is 0. The number of aromatic carboxylic acids is 1. The van der Waals surface area contributed by atoms with Crippen LogP contribution in [0.4, 0.5) is 0 Å². The average molecular weight is 322 g/mol. The van der Waals surface area contributed by atoms with Gasteiger partial charge in [0.1, 0.15) is 0 Å². The molecule has 1 aromatic carbocycles. The maximum absolute atomic E-state index is 11.0. The fourth-order valence-corrected chi connectivity index (χ4v) is 3.29. The van der Waals surface area contributed by atoms with Crippen molar-refractivity contribution in [2.24, 2.45) is 0 Å². The highest BCUT2D eigenvalue weighted by Crippen LogP contribution is 2.30. The lowest BCUT2D eigenvalue weighted by atomic mass is 9.93. The molecule has 5 nitrogen and oxygen atoms in total. The molecule has 3 heterocycles. The van der Waals surface area contributed by atoms with E-state index < -0.39 is 5.97 Å². The van der Waals surface area contributed by atoms with Gasteiger partial charge in [-0.15, -0.1) is 0 Å². The summed E-state index contributed by atoms with van der Waals surface area (Å²) in [6.45, 7) is 1.64. The second-order valence-corrected chi connectivity index (χ2v) is 6.12. The van der Waals surface area contributed by atoms with Gasteiger partial charge in [-0.2, -0.15) is 5.10 Å². The van der Waals surface area contributed by atoms with E-state index in [1.165, 1.54) is 5.56 Å². The molecule has 0 bridgehead atoms. The minimum atomic E-state index is -0.914. The standard InChI is InChI=1S/C19H18N2O3/c22-19(23)15-3-1-14(2-4-15)17-11-20-21-12-16(5-6-18(17)21)13-7-9-24-10-8-13/h1-6,11-13H,7-10H2,(H,22,23). The molecule has 0 amide bonds. The molecule has 1 aliphatic rings. The second-order valence-electron chi connectivity index (χ2n) is 6.12. The number of carboxylic acid groups (broad SMARTS) is 1. The molecular weight excluding hydrogens is 304 g/mol. The van der Waals surface area contributed by atoms with E-state index in [1.807, 2.05) is 22.8 Å². The summed E-state index contributed by atoms with van der Waals surface area (Å²) in [6, 6.07) is 11.2. The molecule has 24 heavy (non-hydrogen) atoms. The predicted octanol–water partition coefficient (Wildman–Crippen LogP) is 3.59. The molecule has 0 saturated carbocycles. The van der Waals surface area contributed by atoms with E-state index in [4.69, 9.17) is 9.84 Å². The number of nitrogens with zero attached hydrogens (tertiary/aromatic N) is 2. The van der Waals surface area contributed by atoms with Gasteiger partial charge in [0.05, 0.1) is 17.3 Å². The maximum atomic E-state index is 11.0. The van der Waals surface area contributed by atoms with E-state index >= 15 is 0 Å². The molecule has 1 fully saturated rings. The Kier molecular flexibility index (Phi) is 3.78. The van der Waals surface area contributed by atoms with Crippen LogP contribution in [0, 0.1) is 0 Å². The lowest BCUT2D eigenvalue weighted by Gasteiger charge is -2.22. The number of hydrogen-bond donors (Lipinski definition) is 1. The van der Waals surface area contributed by atoms with E-state index in [0.29, 0.717) is 5.92 Å². The normalized spacial score (nSPS) is 15.7. The van der Waals surface area contributed by atoms with Crippen molar-refractivity contribution in [2.45, 2.75) is 18.8 Å². The Labute approximate surface area is 139 Å². The van der Waals surface area contributed by atoms with Crippen LogP contribution in [-0.4, -0.2) is 33.9 Å². The van der Waals surface area contributed by atoms with Crippen molar-refractivity contribution in [1.82, 2.24) is 9.61 Å². The van der Waals surface area contributed by atoms with Gasteiger partial charge in [0.2, 0.25) is 0 Å². The third-order valence-electron chi connectivity index (χ3n) is 4.67. The zero-order chi connectivity index (χ0) is 16.5. The van der Waals surface area contributed by atoms with E-state index in [0.717, 1.165) is 42.7 Å². The Hall–Kier alpha value is -2.66. The van der Waals surface area contributed by atoms with Crippen molar-refractivity contribution in [3.8, 4) is 11.1 Å². The van der Waals surface area contributed by atoms with Gasteiger partial charge in [0.25, 0.3) is 0 Å². The van der Waals surface area contributed by atoms with Gasteiger partial charge in [-0.3, -0.25) is 0 Å². The maximum Gasteiger partial charge on any atom is 0.335 e. The lowest BCUT2D eigenvalue weighted by molar-refractivity contribution is 0.0697. The molecule has 1 saturated heterocycles. The molecule has 3 aromatic rings. The Balaban J connectivity index is 1.68. The van der Waals surface area contributed by atoms with E-state index in [1.54, 1.807) is 12.1 Å². The number of hydrogen-bond acceptors (Lipinski definition) is 3. The van der Waals surface area contributed by atoms with Crippen LogP contribution in [0.3, 0.4) is 0 Å². The molecule has 2 aromatic heterocycles. The molecule has 1 N–H and O–H groups in total. The number of pyridine rings is 1. The highest BCUT2D eigenvalue weighted by Gasteiger charge is 2.17.